The first-order valence-electron chi connectivity index (χ1n) is 11.3. The van der Waals surface area contributed by atoms with Gasteiger partial charge in [0.2, 0.25) is 11.8 Å². The number of likely N-dealkylation sites (tertiary alicyclic amines) is 1. The lowest BCUT2D eigenvalue weighted by Crippen LogP contribution is -2.49. The number of hydrogen-bond donors (Lipinski definition) is 0. The molecular formula is C23H32FN3O3. The van der Waals surface area contributed by atoms with Crippen LogP contribution in [-0.4, -0.2) is 77.4 Å². The number of carbonyl (C=O) groups excluding carboxylic acids is 2. The van der Waals surface area contributed by atoms with Gasteiger partial charge in [-0.15, -0.1) is 0 Å². The van der Waals surface area contributed by atoms with Gasteiger partial charge in [0.1, 0.15) is 23.7 Å². The molecule has 2 heterocycles. The summed E-state index contributed by atoms with van der Waals surface area (Å²) in [5.41, 5.74) is 0. The molecule has 7 heteroatoms. The Morgan fingerprint density at radius 3 is 2.50 bits per heavy atom. The molecule has 164 valence electrons. The van der Waals surface area contributed by atoms with Gasteiger partial charge in [0, 0.05) is 45.1 Å². The summed E-state index contributed by atoms with van der Waals surface area (Å²) in [7, 11) is 0. The number of halogens is 1. The Kier molecular flexibility index (Phi) is 6.56. The summed E-state index contributed by atoms with van der Waals surface area (Å²) in [6.45, 7) is 5.65. The molecule has 2 atom stereocenters. The van der Waals surface area contributed by atoms with Crippen molar-refractivity contribution in [2.75, 3.05) is 32.7 Å². The van der Waals surface area contributed by atoms with Crippen LogP contribution >= 0.6 is 0 Å². The van der Waals surface area contributed by atoms with Crippen molar-refractivity contribution in [3.05, 3.63) is 30.1 Å². The second-order valence-electron chi connectivity index (χ2n) is 8.64. The predicted octanol–water partition coefficient (Wildman–Crippen LogP) is 2.67. The highest BCUT2D eigenvalue weighted by Crippen LogP contribution is 2.28. The van der Waals surface area contributed by atoms with Gasteiger partial charge in [-0.3, -0.25) is 14.5 Å². The topological polar surface area (TPSA) is 53.1 Å². The zero-order valence-corrected chi connectivity index (χ0v) is 17.8. The van der Waals surface area contributed by atoms with Gasteiger partial charge in [0.15, 0.2) is 0 Å². The van der Waals surface area contributed by atoms with Crippen molar-refractivity contribution in [1.82, 2.24) is 14.7 Å². The van der Waals surface area contributed by atoms with Gasteiger partial charge in [0.05, 0.1) is 6.54 Å². The maximum Gasteiger partial charge on any atom is 0.245 e. The minimum atomic E-state index is -0.474. The van der Waals surface area contributed by atoms with E-state index in [0.717, 1.165) is 32.6 Å². The van der Waals surface area contributed by atoms with Crippen LogP contribution in [0.2, 0.25) is 0 Å². The Morgan fingerprint density at radius 2 is 1.83 bits per heavy atom. The van der Waals surface area contributed by atoms with Gasteiger partial charge in [-0.05, 0) is 43.5 Å². The summed E-state index contributed by atoms with van der Waals surface area (Å²) in [5, 5.41) is 0. The quantitative estimate of drug-likeness (QED) is 0.739. The number of benzene rings is 1. The first kappa shape index (κ1) is 21.1. The molecule has 3 fully saturated rings. The molecule has 3 aliphatic rings. The normalized spacial score (nSPS) is 25.7. The zero-order chi connectivity index (χ0) is 21.1. The Balaban J connectivity index is 1.41. The van der Waals surface area contributed by atoms with Crippen LogP contribution in [0, 0.1) is 5.82 Å². The van der Waals surface area contributed by atoms with Crippen LogP contribution in [0.15, 0.2) is 24.3 Å². The fourth-order valence-corrected chi connectivity index (χ4v) is 4.79. The molecule has 1 aromatic rings. The summed E-state index contributed by atoms with van der Waals surface area (Å²) in [5.74, 6) is 0.257. The molecule has 0 aromatic heterocycles. The molecule has 0 radical (unpaired) electrons. The van der Waals surface area contributed by atoms with E-state index in [2.05, 4.69) is 4.90 Å². The molecule has 2 saturated heterocycles. The average molecular weight is 418 g/mol. The van der Waals surface area contributed by atoms with Gasteiger partial charge in [-0.1, -0.05) is 13.3 Å². The molecule has 30 heavy (non-hydrogen) atoms. The molecule has 0 spiro atoms. The lowest BCUT2D eigenvalue weighted by Gasteiger charge is -2.36. The van der Waals surface area contributed by atoms with Crippen LogP contribution in [-0.2, 0) is 9.59 Å². The van der Waals surface area contributed by atoms with Crippen LogP contribution in [0.25, 0.3) is 0 Å². The molecule has 6 nitrogen and oxygen atoms in total. The SMILES string of the molecule is CCC(=O)N1CC(Oc2ccc(F)cc2)CC1C(=O)N1CCCN(C2CCC2)CC1. The highest BCUT2D eigenvalue weighted by atomic mass is 19.1. The number of ether oxygens (including phenoxy) is 1. The van der Waals surface area contributed by atoms with Crippen molar-refractivity contribution in [2.24, 2.45) is 0 Å². The van der Waals surface area contributed by atoms with Gasteiger partial charge < -0.3 is 14.5 Å². The summed E-state index contributed by atoms with van der Waals surface area (Å²) in [4.78, 5) is 32.1. The summed E-state index contributed by atoms with van der Waals surface area (Å²) in [6.07, 6.45) is 5.42. The van der Waals surface area contributed by atoms with E-state index in [-0.39, 0.29) is 23.7 Å². The van der Waals surface area contributed by atoms with E-state index in [4.69, 9.17) is 4.74 Å². The summed E-state index contributed by atoms with van der Waals surface area (Å²) in [6, 6.07) is 6.09. The van der Waals surface area contributed by atoms with Crippen LogP contribution in [0.1, 0.15) is 45.4 Å². The average Bonchev–Trinajstić information content (AvgIpc) is 2.98. The van der Waals surface area contributed by atoms with Gasteiger partial charge in [-0.25, -0.2) is 4.39 Å². The van der Waals surface area contributed by atoms with E-state index in [9.17, 15) is 14.0 Å². The molecule has 2 unspecified atom stereocenters. The monoisotopic (exact) mass is 417 g/mol. The van der Waals surface area contributed by atoms with Crippen molar-refractivity contribution in [1.29, 1.82) is 0 Å². The number of carbonyl (C=O) groups is 2. The van der Waals surface area contributed by atoms with Crippen LogP contribution in [0.3, 0.4) is 0 Å². The predicted molar refractivity (Wildman–Crippen MR) is 112 cm³/mol. The third-order valence-corrected chi connectivity index (χ3v) is 6.72. The van der Waals surface area contributed by atoms with E-state index < -0.39 is 6.04 Å². The molecule has 4 rings (SSSR count). The van der Waals surface area contributed by atoms with Crippen molar-refractivity contribution < 1.29 is 18.7 Å². The van der Waals surface area contributed by atoms with E-state index in [1.165, 1.54) is 31.4 Å². The van der Waals surface area contributed by atoms with Crippen LogP contribution in [0.5, 0.6) is 5.75 Å². The maximum atomic E-state index is 13.4. The molecule has 2 amide bonds. The molecule has 1 aromatic carbocycles. The second kappa shape index (κ2) is 9.33. The Labute approximate surface area is 177 Å². The molecule has 2 aliphatic heterocycles. The van der Waals surface area contributed by atoms with E-state index in [0.29, 0.717) is 31.2 Å². The number of rotatable bonds is 5. The largest absolute Gasteiger partial charge is 0.488 e. The van der Waals surface area contributed by atoms with E-state index in [1.54, 1.807) is 17.0 Å². The van der Waals surface area contributed by atoms with Gasteiger partial charge in [-0.2, -0.15) is 0 Å². The molecule has 1 aliphatic carbocycles. The van der Waals surface area contributed by atoms with Gasteiger partial charge >= 0.3 is 0 Å². The molecule has 1 saturated carbocycles. The number of nitrogens with zero attached hydrogens (tertiary/aromatic N) is 3. The summed E-state index contributed by atoms with van der Waals surface area (Å²) < 4.78 is 19.1. The first-order valence-corrected chi connectivity index (χ1v) is 11.3. The minimum Gasteiger partial charge on any atom is -0.488 e. The second-order valence-corrected chi connectivity index (χ2v) is 8.64. The Morgan fingerprint density at radius 1 is 1.07 bits per heavy atom. The third-order valence-electron chi connectivity index (χ3n) is 6.72. The third kappa shape index (κ3) is 4.61. The Hall–Kier alpha value is -2.15. The van der Waals surface area contributed by atoms with E-state index in [1.807, 2.05) is 11.8 Å². The highest BCUT2D eigenvalue weighted by molar-refractivity contribution is 5.88. The lowest BCUT2D eigenvalue weighted by atomic mass is 9.91. The smallest absolute Gasteiger partial charge is 0.245 e. The zero-order valence-electron chi connectivity index (χ0n) is 17.8. The van der Waals surface area contributed by atoms with Crippen molar-refractivity contribution in [2.45, 2.75) is 63.6 Å². The minimum absolute atomic E-state index is 0.0236. The van der Waals surface area contributed by atoms with E-state index >= 15 is 0 Å². The fraction of sp³-hybridized carbons (Fsp3) is 0.652. The van der Waals surface area contributed by atoms with Crippen LogP contribution < -0.4 is 4.74 Å². The standard InChI is InChI=1S/C23H32FN3O3/c1-2-22(28)27-16-20(30-19-9-7-17(24)8-10-19)15-21(27)23(29)26-12-4-11-25(13-14-26)18-5-3-6-18/h7-10,18,20-21H,2-6,11-16H2,1H3. The number of amides is 2. The lowest BCUT2D eigenvalue weighted by molar-refractivity contribution is -0.143. The van der Waals surface area contributed by atoms with Crippen molar-refractivity contribution in [3.8, 4) is 5.75 Å². The van der Waals surface area contributed by atoms with Crippen LogP contribution in [0.4, 0.5) is 4.39 Å². The number of hydrogen-bond acceptors (Lipinski definition) is 4. The maximum absolute atomic E-state index is 13.4. The molecule has 0 bridgehead atoms. The van der Waals surface area contributed by atoms with Gasteiger partial charge in [0.25, 0.3) is 0 Å². The Bertz CT molecular complexity index is 753. The van der Waals surface area contributed by atoms with Crippen molar-refractivity contribution in [3.63, 3.8) is 0 Å². The highest BCUT2D eigenvalue weighted by Gasteiger charge is 2.42. The molecule has 0 N–H and O–H groups in total. The first-order chi connectivity index (χ1) is 14.5. The molecular weight excluding hydrogens is 385 g/mol. The van der Waals surface area contributed by atoms with Crippen molar-refractivity contribution >= 4 is 11.8 Å². The fourth-order valence-electron chi connectivity index (χ4n) is 4.79. The summed E-state index contributed by atoms with van der Waals surface area (Å²) >= 11 is 0.